The van der Waals surface area contributed by atoms with Gasteiger partial charge < -0.3 is 19.3 Å². The van der Waals surface area contributed by atoms with E-state index in [0.717, 1.165) is 16.9 Å². The Kier molecular flexibility index (Phi) is 5.63. The number of ether oxygens (including phenoxy) is 2. The summed E-state index contributed by atoms with van der Waals surface area (Å²) < 4.78 is 16.0. The van der Waals surface area contributed by atoms with E-state index < -0.39 is 0 Å². The minimum absolute atomic E-state index is 0.0429. The van der Waals surface area contributed by atoms with Gasteiger partial charge in [0.2, 0.25) is 5.82 Å². The van der Waals surface area contributed by atoms with Crippen molar-refractivity contribution in [2.45, 2.75) is 26.3 Å². The molecular weight excluding hydrogens is 358 g/mol. The van der Waals surface area contributed by atoms with Gasteiger partial charge in [-0.3, -0.25) is 4.79 Å². The van der Waals surface area contributed by atoms with Crippen LogP contribution in [0, 0.1) is 0 Å². The molecule has 0 spiro atoms. The SMILES string of the molecule is COc1ccc(-c2noc(-c3ccc(OCC(=O)NC(C)(C)C)cc3)n2)cc1. The highest BCUT2D eigenvalue weighted by Crippen LogP contribution is 2.25. The fourth-order valence-corrected chi connectivity index (χ4v) is 2.50. The number of amides is 1. The molecule has 0 saturated heterocycles. The molecule has 0 aliphatic heterocycles. The van der Waals surface area contributed by atoms with Gasteiger partial charge >= 0.3 is 0 Å². The minimum atomic E-state index is -0.288. The van der Waals surface area contributed by atoms with Crippen molar-refractivity contribution >= 4 is 5.91 Å². The van der Waals surface area contributed by atoms with Gasteiger partial charge in [0.05, 0.1) is 7.11 Å². The third kappa shape index (κ3) is 5.09. The quantitative estimate of drug-likeness (QED) is 0.700. The van der Waals surface area contributed by atoms with E-state index in [4.69, 9.17) is 14.0 Å². The molecule has 1 aromatic heterocycles. The van der Waals surface area contributed by atoms with Crippen molar-refractivity contribution in [3.63, 3.8) is 0 Å². The maximum Gasteiger partial charge on any atom is 0.258 e. The van der Waals surface area contributed by atoms with E-state index in [1.807, 2.05) is 57.2 Å². The van der Waals surface area contributed by atoms with Crippen LogP contribution in [0.1, 0.15) is 20.8 Å². The van der Waals surface area contributed by atoms with E-state index in [9.17, 15) is 4.79 Å². The smallest absolute Gasteiger partial charge is 0.258 e. The Morgan fingerprint density at radius 2 is 1.61 bits per heavy atom. The van der Waals surface area contributed by atoms with Crippen LogP contribution in [0.4, 0.5) is 0 Å². The summed E-state index contributed by atoms with van der Waals surface area (Å²) in [5.74, 6) is 2.08. The first-order chi connectivity index (χ1) is 13.3. The largest absolute Gasteiger partial charge is 0.497 e. The summed E-state index contributed by atoms with van der Waals surface area (Å²) in [4.78, 5) is 16.2. The minimum Gasteiger partial charge on any atom is -0.497 e. The molecule has 1 amide bonds. The second kappa shape index (κ2) is 8.12. The van der Waals surface area contributed by atoms with Crippen molar-refractivity contribution in [3.05, 3.63) is 48.5 Å². The van der Waals surface area contributed by atoms with Gasteiger partial charge in [-0.25, -0.2) is 0 Å². The molecular formula is C21H23N3O4. The molecule has 3 aromatic rings. The highest BCUT2D eigenvalue weighted by atomic mass is 16.5. The Hall–Kier alpha value is -3.35. The Balaban J connectivity index is 1.63. The molecule has 0 saturated carbocycles. The fourth-order valence-electron chi connectivity index (χ4n) is 2.50. The van der Waals surface area contributed by atoms with E-state index in [1.54, 1.807) is 19.2 Å². The molecule has 0 fully saturated rings. The lowest BCUT2D eigenvalue weighted by Gasteiger charge is -2.20. The van der Waals surface area contributed by atoms with Crippen LogP contribution in [0.3, 0.4) is 0 Å². The highest BCUT2D eigenvalue weighted by Gasteiger charge is 2.14. The molecule has 0 unspecified atom stereocenters. The average Bonchev–Trinajstić information content (AvgIpc) is 3.16. The van der Waals surface area contributed by atoms with Gasteiger partial charge in [-0.05, 0) is 69.3 Å². The summed E-state index contributed by atoms with van der Waals surface area (Å²) in [7, 11) is 1.62. The van der Waals surface area contributed by atoms with Crippen molar-refractivity contribution in [2.75, 3.05) is 13.7 Å². The number of benzene rings is 2. The maximum atomic E-state index is 11.8. The molecule has 0 radical (unpaired) electrons. The Bertz CT molecular complexity index is 926. The Morgan fingerprint density at radius 3 is 2.21 bits per heavy atom. The molecule has 1 heterocycles. The van der Waals surface area contributed by atoms with Crippen LogP contribution in [0.25, 0.3) is 22.8 Å². The van der Waals surface area contributed by atoms with E-state index in [-0.39, 0.29) is 18.1 Å². The molecule has 0 atom stereocenters. The second-order valence-electron chi connectivity index (χ2n) is 7.26. The number of nitrogens with one attached hydrogen (secondary N) is 1. The third-order valence-corrected chi connectivity index (χ3v) is 3.76. The number of aromatic nitrogens is 2. The number of carbonyl (C=O) groups is 1. The zero-order valence-electron chi connectivity index (χ0n) is 16.4. The van der Waals surface area contributed by atoms with E-state index in [1.165, 1.54) is 0 Å². The lowest BCUT2D eigenvalue weighted by molar-refractivity contribution is -0.124. The first kappa shape index (κ1) is 19.4. The number of methoxy groups -OCH3 is 1. The van der Waals surface area contributed by atoms with E-state index in [0.29, 0.717) is 17.5 Å². The molecule has 28 heavy (non-hydrogen) atoms. The summed E-state index contributed by atoms with van der Waals surface area (Å²) in [5.41, 5.74) is 1.31. The number of hydrogen-bond acceptors (Lipinski definition) is 6. The molecule has 7 heteroatoms. The molecule has 2 aromatic carbocycles. The second-order valence-corrected chi connectivity index (χ2v) is 7.26. The topological polar surface area (TPSA) is 86.5 Å². The standard InChI is InChI=1S/C21H23N3O4/c1-21(2,3)23-18(25)13-27-17-11-7-15(8-12-17)20-22-19(24-28-20)14-5-9-16(26-4)10-6-14/h5-12H,13H2,1-4H3,(H,23,25). The predicted molar refractivity (Wildman–Crippen MR) is 105 cm³/mol. The monoisotopic (exact) mass is 381 g/mol. The first-order valence-corrected chi connectivity index (χ1v) is 8.86. The Morgan fingerprint density at radius 1 is 1.00 bits per heavy atom. The van der Waals surface area contributed by atoms with Gasteiger partial charge in [0.25, 0.3) is 11.8 Å². The van der Waals surface area contributed by atoms with Crippen LogP contribution in [-0.2, 0) is 4.79 Å². The van der Waals surface area contributed by atoms with Crippen molar-refractivity contribution in [1.29, 1.82) is 0 Å². The summed E-state index contributed by atoms with van der Waals surface area (Å²) >= 11 is 0. The molecule has 1 N–H and O–H groups in total. The van der Waals surface area contributed by atoms with Gasteiger partial charge in [0.1, 0.15) is 11.5 Å². The number of carbonyl (C=O) groups excluding carboxylic acids is 1. The van der Waals surface area contributed by atoms with Crippen LogP contribution >= 0.6 is 0 Å². The van der Waals surface area contributed by atoms with Crippen molar-refractivity contribution in [1.82, 2.24) is 15.5 Å². The van der Waals surface area contributed by atoms with Gasteiger partial charge in [-0.2, -0.15) is 4.98 Å². The molecule has 0 aliphatic rings. The fraction of sp³-hybridized carbons (Fsp3) is 0.286. The molecule has 146 valence electrons. The summed E-state index contributed by atoms with van der Waals surface area (Å²) in [6.45, 7) is 5.72. The van der Waals surface area contributed by atoms with Crippen molar-refractivity contribution < 1.29 is 18.8 Å². The van der Waals surface area contributed by atoms with Gasteiger partial charge in [-0.1, -0.05) is 5.16 Å². The van der Waals surface area contributed by atoms with Gasteiger partial charge in [0.15, 0.2) is 6.61 Å². The number of hydrogen-bond donors (Lipinski definition) is 1. The summed E-state index contributed by atoms with van der Waals surface area (Å²) in [6, 6.07) is 14.6. The average molecular weight is 381 g/mol. The van der Waals surface area contributed by atoms with Crippen LogP contribution < -0.4 is 14.8 Å². The number of rotatable bonds is 6. The van der Waals surface area contributed by atoms with Crippen molar-refractivity contribution in [2.24, 2.45) is 0 Å². The molecule has 7 nitrogen and oxygen atoms in total. The van der Waals surface area contributed by atoms with Crippen molar-refractivity contribution in [3.8, 4) is 34.3 Å². The molecule has 3 rings (SSSR count). The normalized spacial score (nSPS) is 11.1. The van der Waals surface area contributed by atoms with Gasteiger partial charge in [-0.15, -0.1) is 0 Å². The Labute approximate surface area is 163 Å². The lowest BCUT2D eigenvalue weighted by Crippen LogP contribution is -2.43. The van der Waals surface area contributed by atoms with Crippen LogP contribution in [0.2, 0.25) is 0 Å². The summed E-state index contributed by atoms with van der Waals surface area (Å²) in [6.07, 6.45) is 0. The van der Waals surface area contributed by atoms with Crippen LogP contribution in [0.5, 0.6) is 11.5 Å². The van der Waals surface area contributed by atoms with E-state index >= 15 is 0 Å². The van der Waals surface area contributed by atoms with E-state index in [2.05, 4.69) is 15.5 Å². The third-order valence-electron chi connectivity index (χ3n) is 3.76. The molecule has 0 bridgehead atoms. The van der Waals surface area contributed by atoms with Crippen LogP contribution in [-0.4, -0.2) is 35.3 Å². The zero-order valence-corrected chi connectivity index (χ0v) is 16.4. The summed E-state index contributed by atoms with van der Waals surface area (Å²) in [5, 5.41) is 6.87. The maximum absolute atomic E-state index is 11.8. The first-order valence-electron chi connectivity index (χ1n) is 8.86. The number of nitrogens with zero attached hydrogens (tertiary/aromatic N) is 2. The van der Waals surface area contributed by atoms with Gasteiger partial charge in [0, 0.05) is 16.7 Å². The highest BCUT2D eigenvalue weighted by molar-refractivity contribution is 5.78. The van der Waals surface area contributed by atoms with Crippen LogP contribution in [0.15, 0.2) is 53.1 Å². The molecule has 0 aliphatic carbocycles. The lowest BCUT2D eigenvalue weighted by atomic mass is 10.1. The zero-order chi connectivity index (χ0) is 20.1. The predicted octanol–water partition coefficient (Wildman–Crippen LogP) is 3.71.